The maximum absolute atomic E-state index is 8.65. The minimum atomic E-state index is 0.494. The van der Waals surface area contributed by atoms with Gasteiger partial charge in [-0.2, -0.15) is 5.26 Å². The summed E-state index contributed by atoms with van der Waals surface area (Å²) in [6, 6.07) is 13.3. The van der Waals surface area contributed by atoms with E-state index in [9.17, 15) is 0 Å². The van der Waals surface area contributed by atoms with Crippen molar-refractivity contribution in [3.63, 3.8) is 0 Å². The van der Waals surface area contributed by atoms with Crippen molar-refractivity contribution in [2.45, 2.75) is 13.3 Å². The van der Waals surface area contributed by atoms with Crippen molar-refractivity contribution in [1.29, 1.82) is 5.26 Å². The highest BCUT2D eigenvalue weighted by Gasteiger charge is 1.99. The van der Waals surface area contributed by atoms with Crippen LogP contribution in [0, 0.1) is 11.3 Å². The summed E-state index contributed by atoms with van der Waals surface area (Å²) in [7, 11) is 0. The molecule has 1 heterocycles. The van der Waals surface area contributed by atoms with E-state index in [4.69, 9.17) is 10.00 Å². The molecule has 84 valence electrons. The number of aryl methyl sites for hydroxylation is 1. The van der Waals surface area contributed by atoms with Crippen LogP contribution >= 0.6 is 0 Å². The van der Waals surface area contributed by atoms with Crippen molar-refractivity contribution in [1.82, 2.24) is 4.98 Å². The number of hydrogen-bond acceptors (Lipinski definition) is 3. The molecule has 3 heteroatoms. The van der Waals surface area contributed by atoms with Crippen molar-refractivity contribution in [2.24, 2.45) is 0 Å². The van der Waals surface area contributed by atoms with Gasteiger partial charge in [-0.3, -0.25) is 0 Å². The summed E-state index contributed by atoms with van der Waals surface area (Å²) >= 11 is 0. The third-order valence-electron chi connectivity index (χ3n) is 2.42. The topological polar surface area (TPSA) is 45.9 Å². The van der Waals surface area contributed by atoms with Crippen LogP contribution < -0.4 is 4.74 Å². The standard InChI is InChI=1S/C14H12N2O/c1-2-11-3-6-13(7-4-11)17-14-8-5-12(9-15)10-16-14/h3-8,10H,2H2,1H3. The van der Waals surface area contributed by atoms with Gasteiger partial charge in [0, 0.05) is 12.3 Å². The van der Waals surface area contributed by atoms with Gasteiger partial charge in [0.05, 0.1) is 5.56 Å². The monoisotopic (exact) mass is 224 g/mol. The zero-order valence-electron chi connectivity index (χ0n) is 9.55. The molecule has 0 unspecified atom stereocenters. The Labute approximate surface area is 100 Å². The van der Waals surface area contributed by atoms with Crippen molar-refractivity contribution >= 4 is 0 Å². The summed E-state index contributed by atoms with van der Waals surface area (Å²) in [5, 5.41) is 8.65. The normalized spacial score (nSPS) is 9.65. The second-order valence-corrected chi connectivity index (χ2v) is 3.60. The van der Waals surface area contributed by atoms with Crippen LogP contribution in [0.1, 0.15) is 18.1 Å². The van der Waals surface area contributed by atoms with Gasteiger partial charge in [0.15, 0.2) is 0 Å². The maximum Gasteiger partial charge on any atom is 0.219 e. The summed E-state index contributed by atoms with van der Waals surface area (Å²) in [6.07, 6.45) is 2.51. The molecule has 0 amide bonds. The molecule has 1 aromatic carbocycles. The summed E-state index contributed by atoms with van der Waals surface area (Å²) < 4.78 is 5.56. The molecule has 0 aliphatic carbocycles. The average molecular weight is 224 g/mol. The van der Waals surface area contributed by atoms with Crippen LogP contribution in [0.4, 0.5) is 0 Å². The third-order valence-corrected chi connectivity index (χ3v) is 2.42. The number of rotatable bonds is 3. The number of hydrogen-bond donors (Lipinski definition) is 0. The Hall–Kier alpha value is -2.34. The molecule has 0 bridgehead atoms. The van der Waals surface area contributed by atoms with E-state index in [0.29, 0.717) is 11.4 Å². The zero-order chi connectivity index (χ0) is 12.1. The van der Waals surface area contributed by atoms with Crippen molar-refractivity contribution in [3.8, 4) is 17.7 Å². The summed E-state index contributed by atoms with van der Waals surface area (Å²) in [4.78, 5) is 4.04. The van der Waals surface area contributed by atoms with E-state index in [-0.39, 0.29) is 0 Å². The van der Waals surface area contributed by atoms with Crippen LogP contribution in [0.25, 0.3) is 0 Å². The molecule has 0 saturated heterocycles. The van der Waals surface area contributed by atoms with Gasteiger partial charge in [0.2, 0.25) is 5.88 Å². The second-order valence-electron chi connectivity index (χ2n) is 3.60. The lowest BCUT2D eigenvalue weighted by Crippen LogP contribution is -1.88. The Balaban J connectivity index is 2.11. The Morgan fingerprint density at radius 2 is 1.94 bits per heavy atom. The molecule has 0 aliphatic rings. The quantitative estimate of drug-likeness (QED) is 0.803. The highest BCUT2D eigenvalue weighted by Crippen LogP contribution is 2.19. The molecule has 0 saturated carbocycles. The van der Waals surface area contributed by atoms with E-state index in [2.05, 4.69) is 11.9 Å². The van der Waals surface area contributed by atoms with E-state index < -0.39 is 0 Å². The third kappa shape index (κ3) is 2.82. The van der Waals surface area contributed by atoms with Gasteiger partial charge < -0.3 is 4.74 Å². The predicted molar refractivity (Wildman–Crippen MR) is 64.8 cm³/mol. The number of ether oxygens (including phenoxy) is 1. The number of pyridine rings is 1. The Bertz CT molecular complexity index is 524. The summed E-state index contributed by atoms with van der Waals surface area (Å²) in [5.74, 6) is 1.24. The molecule has 0 N–H and O–H groups in total. The van der Waals surface area contributed by atoms with Gasteiger partial charge in [-0.25, -0.2) is 4.98 Å². The van der Waals surface area contributed by atoms with Crippen LogP contribution in [0.15, 0.2) is 42.6 Å². The molecular weight excluding hydrogens is 212 g/mol. The molecule has 1 aromatic heterocycles. The second kappa shape index (κ2) is 5.13. The first kappa shape index (κ1) is 11.2. The van der Waals surface area contributed by atoms with Crippen molar-refractivity contribution in [2.75, 3.05) is 0 Å². The van der Waals surface area contributed by atoms with Gasteiger partial charge in [-0.15, -0.1) is 0 Å². The fraction of sp³-hybridized carbons (Fsp3) is 0.143. The Morgan fingerprint density at radius 1 is 1.18 bits per heavy atom. The fourth-order valence-corrected chi connectivity index (χ4v) is 1.42. The largest absolute Gasteiger partial charge is 0.439 e. The first-order valence-electron chi connectivity index (χ1n) is 5.45. The molecule has 3 nitrogen and oxygen atoms in total. The van der Waals surface area contributed by atoms with Gasteiger partial charge >= 0.3 is 0 Å². The molecule has 0 atom stereocenters. The number of aromatic nitrogens is 1. The lowest BCUT2D eigenvalue weighted by molar-refractivity contribution is 0.462. The average Bonchev–Trinajstić information content (AvgIpc) is 2.40. The van der Waals surface area contributed by atoms with Crippen LogP contribution in [0.2, 0.25) is 0 Å². The Kier molecular flexibility index (Phi) is 3.37. The van der Waals surface area contributed by atoms with Crippen LogP contribution in [0.5, 0.6) is 11.6 Å². The lowest BCUT2D eigenvalue weighted by Gasteiger charge is -2.04. The SMILES string of the molecule is CCc1ccc(Oc2ccc(C#N)cn2)cc1. The molecule has 0 radical (unpaired) electrons. The summed E-state index contributed by atoms with van der Waals surface area (Å²) in [6.45, 7) is 2.11. The van der Waals surface area contributed by atoms with E-state index in [1.807, 2.05) is 30.3 Å². The molecule has 2 rings (SSSR count). The van der Waals surface area contributed by atoms with E-state index in [0.717, 1.165) is 12.2 Å². The molecule has 0 fully saturated rings. The number of benzene rings is 1. The first-order valence-corrected chi connectivity index (χ1v) is 5.45. The highest BCUT2D eigenvalue weighted by atomic mass is 16.5. The maximum atomic E-state index is 8.65. The van der Waals surface area contributed by atoms with Crippen molar-refractivity contribution in [3.05, 3.63) is 53.7 Å². The van der Waals surface area contributed by atoms with Crippen LogP contribution in [-0.2, 0) is 6.42 Å². The van der Waals surface area contributed by atoms with Crippen LogP contribution in [-0.4, -0.2) is 4.98 Å². The minimum Gasteiger partial charge on any atom is -0.439 e. The summed E-state index contributed by atoms with van der Waals surface area (Å²) in [5.41, 5.74) is 1.80. The highest BCUT2D eigenvalue weighted by molar-refractivity contribution is 5.33. The first-order chi connectivity index (χ1) is 8.31. The molecule has 17 heavy (non-hydrogen) atoms. The van der Waals surface area contributed by atoms with E-state index in [1.54, 1.807) is 12.1 Å². The predicted octanol–water partition coefficient (Wildman–Crippen LogP) is 3.31. The van der Waals surface area contributed by atoms with Gasteiger partial charge in [-0.1, -0.05) is 19.1 Å². The van der Waals surface area contributed by atoms with Crippen molar-refractivity contribution < 1.29 is 4.74 Å². The van der Waals surface area contributed by atoms with Gasteiger partial charge in [-0.05, 0) is 30.2 Å². The fourth-order valence-electron chi connectivity index (χ4n) is 1.42. The Morgan fingerprint density at radius 3 is 2.47 bits per heavy atom. The molecule has 2 aromatic rings. The molecule has 0 aliphatic heterocycles. The van der Waals surface area contributed by atoms with Gasteiger partial charge in [0.1, 0.15) is 11.8 Å². The molecular formula is C14H12N2O. The molecule has 0 spiro atoms. The number of nitrogens with zero attached hydrogens (tertiary/aromatic N) is 2. The van der Waals surface area contributed by atoms with E-state index in [1.165, 1.54) is 11.8 Å². The smallest absolute Gasteiger partial charge is 0.219 e. The van der Waals surface area contributed by atoms with E-state index >= 15 is 0 Å². The lowest BCUT2D eigenvalue weighted by atomic mass is 10.2. The minimum absolute atomic E-state index is 0.494. The van der Waals surface area contributed by atoms with Crippen LogP contribution in [0.3, 0.4) is 0 Å². The van der Waals surface area contributed by atoms with Gasteiger partial charge in [0.25, 0.3) is 0 Å². The zero-order valence-corrected chi connectivity index (χ0v) is 9.55. The number of nitriles is 1.